The number of aromatic nitrogens is 3. The summed E-state index contributed by atoms with van der Waals surface area (Å²) in [4.78, 5) is 4.11. The fourth-order valence-corrected chi connectivity index (χ4v) is 1.31. The highest BCUT2D eigenvalue weighted by Crippen LogP contribution is 2.09. The predicted octanol–water partition coefficient (Wildman–Crippen LogP) is 1.49. The number of hydrogen-bond acceptors (Lipinski definition) is 3. The van der Waals surface area contributed by atoms with Crippen molar-refractivity contribution in [1.82, 2.24) is 14.6 Å². The lowest BCUT2D eigenvalue weighted by Gasteiger charge is -1.99. The van der Waals surface area contributed by atoms with E-state index in [0.717, 1.165) is 11.5 Å². The number of nitrogens with zero attached hydrogens (tertiary/aromatic N) is 3. The smallest absolute Gasteiger partial charge is 0.157 e. The van der Waals surface area contributed by atoms with Crippen LogP contribution in [0.4, 0.5) is 5.82 Å². The molecule has 0 atom stereocenters. The Labute approximate surface area is 77.1 Å². The maximum atomic E-state index is 4.11. The molecule has 0 spiro atoms. The number of halogens is 1. The fourth-order valence-electron chi connectivity index (χ4n) is 0.906. The number of nitrogens with one attached hydrogen (secondary N) is 1. The molecule has 11 heavy (non-hydrogen) atoms. The van der Waals surface area contributed by atoms with E-state index in [0.29, 0.717) is 0 Å². The van der Waals surface area contributed by atoms with E-state index in [9.17, 15) is 0 Å². The van der Waals surface area contributed by atoms with Crippen molar-refractivity contribution in [2.75, 3.05) is 3.53 Å². The quantitative estimate of drug-likeness (QED) is 0.624. The lowest BCUT2D eigenvalue weighted by molar-refractivity contribution is 0.954. The van der Waals surface area contributed by atoms with Crippen LogP contribution in [0.1, 0.15) is 0 Å². The maximum Gasteiger partial charge on any atom is 0.157 e. The van der Waals surface area contributed by atoms with Crippen molar-refractivity contribution in [3.63, 3.8) is 0 Å². The Morgan fingerprint density at radius 2 is 2.27 bits per heavy atom. The zero-order chi connectivity index (χ0) is 7.68. The molecule has 0 aliphatic heterocycles. The van der Waals surface area contributed by atoms with Gasteiger partial charge in [-0.05, 0) is 6.07 Å². The van der Waals surface area contributed by atoms with Gasteiger partial charge in [-0.3, -0.25) is 0 Å². The summed E-state index contributed by atoms with van der Waals surface area (Å²) < 4.78 is 4.73. The first-order valence-electron chi connectivity index (χ1n) is 3.07. The molecule has 0 unspecified atom stereocenters. The van der Waals surface area contributed by atoms with Gasteiger partial charge in [0.1, 0.15) is 5.82 Å². The second-order valence-corrected chi connectivity index (χ2v) is 2.57. The van der Waals surface area contributed by atoms with Crippen LogP contribution in [0.15, 0.2) is 24.5 Å². The standard InChI is InChI=1S/C6H5IN4/c7-10-6-1-3-8-5-2-4-9-11(5)6/h1-4,10H. The molecule has 0 aliphatic carbocycles. The molecular formula is C6H5IN4. The minimum Gasteiger partial charge on any atom is -0.313 e. The van der Waals surface area contributed by atoms with Crippen LogP contribution in [0.5, 0.6) is 0 Å². The van der Waals surface area contributed by atoms with Gasteiger partial charge in [0.25, 0.3) is 0 Å². The highest BCUT2D eigenvalue weighted by molar-refractivity contribution is 14.1. The van der Waals surface area contributed by atoms with Gasteiger partial charge in [0, 0.05) is 12.3 Å². The summed E-state index contributed by atoms with van der Waals surface area (Å²) in [6, 6.07) is 3.73. The summed E-state index contributed by atoms with van der Waals surface area (Å²) in [6.07, 6.45) is 3.47. The Morgan fingerprint density at radius 1 is 1.36 bits per heavy atom. The third-order valence-corrected chi connectivity index (χ3v) is 1.94. The van der Waals surface area contributed by atoms with Gasteiger partial charge in [-0.1, -0.05) is 0 Å². The Bertz CT molecular complexity index is 369. The largest absolute Gasteiger partial charge is 0.313 e. The molecule has 2 aromatic rings. The van der Waals surface area contributed by atoms with Crippen LogP contribution in [-0.2, 0) is 0 Å². The lowest BCUT2D eigenvalue weighted by Crippen LogP contribution is -1.95. The molecule has 0 fully saturated rings. The van der Waals surface area contributed by atoms with E-state index in [1.807, 2.05) is 12.1 Å². The van der Waals surface area contributed by atoms with Gasteiger partial charge in [0.05, 0.1) is 29.1 Å². The maximum absolute atomic E-state index is 4.11. The highest BCUT2D eigenvalue weighted by atomic mass is 127. The van der Waals surface area contributed by atoms with Gasteiger partial charge in [-0.15, -0.1) is 0 Å². The Kier molecular flexibility index (Phi) is 1.65. The molecule has 0 bridgehead atoms. The third kappa shape index (κ3) is 1.05. The second-order valence-electron chi connectivity index (χ2n) is 2.03. The minimum absolute atomic E-state index is 0.853. The molecule has 2 aromatic heterocycles. The normalized spacial score (nSPS) is 10.3. The van der Waals surface area contributed by atoms with Crippen molar-refractivity contribution in [2.24, 2.45) is 0 Å². The van der Waals surface area contributed by atoms with Crippen LogP contribution < -0.4 is 3.53 Å². The molecule has 2 heterocycles. The number of fused-ring (bicyclic) bond motifs is 1. The molecule has 0 saturated carbocycles. The molecule has 0 amide bonds. The predicted molar refractivity (Wildman–Crippen MR) is 50.6 cm³/mol. The highest BCUT2D eigenvalue weighted by Gasteiger charge is 1.97. The number of anilines is 1. The molecule has 5 heteroatoms. The van der Waals surface area contributed by atoms with Gasteiger partial charge in [-0.2, -0.15) is 9.61 Å². The first-order chi connectivity index (χ1) is 5.42. The van der Waals surface area contributed by atoms with Crippen molar-refractivity contribution in [3.05, 3.63) is 24.5 Å². The van der Waals surface area contributed by atoms with Crippen molar-refractivity contribution in [2.45, 2.75) is 0 Å². The molecule has 2 rings (SSSR count). The van der Waals surface area contributed by atoms with E-state index in [1.165, 1.54) is 0 Å². The van der Waals surface area contributed by atoms with Gasteiger partial charge in [0.2, 0.25) is 0 Å². The molecule has 0 radical (unpaired) electrons. The average molecular weight is 260 g/mol. The van der Waals surface area contributed by atoms with E-state index in [4.69, 9.17) is 0 Å². The lowest BCUT2D eigenvalue weighted by atomic mass is 10.6. The van der Waals surface area contributed by atoms with Gasteiger partial charge in [-0.25, -0.2) is 4.98 Å². The second kappa shape index (κ2) is 2.65. The molecular weight excluding hydrogens is 255 g/mol. The third-order valence-electron chi connectivity index (χ3n) is 1.39. The Hall–Kier alpha value is -0.850. The Balaban J connectivity index is 2.79. The van der Waals surface area contributed by atoms with Gasteiger partial charge in [0.15, 0.2) is 5.65 Å². The zero-order valence-electron chi connectivity index (χ0n) is 5.53. The average Bonchev–Trinajstić information content (AvgIpc) is 2.50. The van der Waals surface area contributed by atoms with E-state index < -0.39 is 0 Å². The van der Waals surface area contributed by atoms with E-state index in [2.05, 4.69) is 36.5 Å². The van der Waals surface area contributed by atoms with Crippen LogP contribution in [0.25, 0.3) is 5.65 Å². The topological polar surface area (TPSA) is 42.2 Å². The zero-order valence-corrected chi connectivity index (χ0v) is 7.69. The van der Waals surface area contributed by atoms with Gasteiger partial charge >= 0.3 is 0 Å². The van der Waals surface area contributed by atoms with Gasteiger partial charge < -0.3 is 3.53 Å². The summed E-state index contributed by atoms with van der Waals surface area (Å²) in [5, 5.41) is 4.08. The van der Waals surface area contributed by atoms with Crippen molar-refractivity contribution in [3.8, 4) is 0 Å². The van der Waals surface area contributed by atoms with Crippen LogP contribution >= 0.6 is 22.9 Å². The Morgan fingerprint density at radius 3 is 3.09 bits per heavy atom. The van der Waals surface area contributed by atoms with Crippen molar-refractivity contribution < 1.29 is 0 Å². The first-order valence-corrected chi connectivity index (χ1v) is 4.15. The fraction of sp³-hybridized carbons (Fsp3) is 0. The first kappa shape index (κ1) is 6.84. The molecule has 4 nitrogen and oxygen atoms in total. The van der Waals surface area contributed by atoms with Crippen molar-refractivity contribution >= 4 is 34.3 Å². The SMILES string of the molecule is INc1ccnc2ccnn12. The van der Waals surface area contributed by atoms with Crippen LogP contribution in [0.3, 0.4) is 0 Å². The minimum atomic E-state index is 0.853. The van der Waals surface area contributed by atoms with E-state index >= 15 is 0 Å². The molecule has 0 saturated heterocycles. The summed E-state index contributed by atoms with van der Waals surface area (Å²) in [5.41, 5.74) is 0.853. The molecule has 0 aromatic carbocycles. The van der Waals surface area contributed by atoms with Crippen LogP contribution in [-0.4, -0.2) is 14.6 Å². The van der Waals surface area contributed by atoms with E-state index in [-0.39, 0.29) is 0 Å². The van der Waals surface area contributed by atoms with Crippen LogP contribution in [0.2, 0.25) is 0 Å². The summed E-state index contributed by atoms with van der Waals surface area (Å²) in [5.74, 6) is 0.931. The molecule has 56 valence electrons. The summed E-state index contributed by atoms with van der Waals surface area (Å²) in [7, 11) is 0. The monoisotopic (exact) mass is 260 g/mol. The van der Waals surface area contributed by atoms with E-state index in [1.54, 1.807) is 16.9 Å². The molecule has 0 aliphatic rings. The number of hydrogen-bond donors (Lipinski definition) is 1. The molecule has 1 N–H and O–H groups in total. The van der Waals surface area contributed by atoms with Crippen molar-refractivity contribution in [1.29, 1.82) is 0 Å². The number of rotatable bonds is 1. The summed E-state index contributed by atoms with van der Waals surface area (Å²) >= 11 is 2.06. The van der Waals surface area contributed by atoms with Crippen LogP contribution in [0, 0.1) is 0 Å². The summed E-state index contributed by atoms with van der Waals surface area (Å²) in [6.45, 7) is 0.